The number of benzene rings is 1. The highest BCUT2D eigenvalue weighted by Crippen LogP contribution is 2.26. The zero-order chi connectivity index (χ0) is 32.5. The number of hydrogen-bond acceptors (Lipinski definition) is 7. The van der Waals surface area contributed by atoms with Gasteiger partial charge in [-0.2, -0.15) is 9.19 Å². The van der Waals surface area contributed by atoms with Crippen LogP contribution in [-0.4, -0.2) is 104 Å². The molecule has 244 valence electrons. The Bertz CT molecular complexity index is 1620. The van der Waals surface area contributed by atoms with Crippen molar-refractivity contribution in [2.24, 2.45) is 5.92 Å². The van der Waals surface area contributed by atoms with Crippen LogP contribution >= 0.6 is 0 Å². The second-order valence-corrected chi connectivity index (χ2v) is 21.1. The van der Waals surface area contributed by atoms with Gasteiger partial charge in [0.25, 0.3) is 10.0 Å². The first kappa shape index (κ1) is 32.7. The van der Waals surface area contributed by atoms with E-state index in [0.29, 0.717) is 49.4 Å². The van der Waals surface area contributed by atoms with Gasteiger partial charge in [-0.15, -0.1) is 0 Å². The Labute approximate surface area is 265 Å². The Morgan fingerprint density at radius 2 is 1.87 bits per heavy atom. The van der Waals surface area contributed by atoms with Gasteiger partial charge in [-0.05, 0) is 43.0 Å². The summed E-state index contributed by atoms with van der Waals surface area (Å²) in [6.45, 7) is 9.79. The number of carbonyl (C=O) groups excluding carboxylic acids is 3. The molecule has 2 N–H and O–H groups in total. The van der Waals surface area contributed by atoms with Gasteiger partial charge in [0.15, 0.2) is 0 Å². The lowest BCUT2D eigenvalue weighted by atomic mass is 9.91. The minimum Gasteiger partial charge on any atom is -0.467 e. The third kappa shape index (κ3) is 7.60. The van der Waals surface area contributed by atoms with Crippen LogP contribution in [0.5, 0.6) is 0 Å². The molecule has 2 fully saturated rings. The molecule has 0 spiro atoms. The van der Waals surface area contributed by atoms with E-state index < -0.39 is 30.1 Å². The van der Waals surface area contributed by atoms with E-state index in [0.717, 1.165) is 15.2 Å². The predicted octanol–water partition coefficient (Wildman–Crippen LogP) is 3.25. The lowest BCUT2D eigenvalue weighted by Gasteiger charge is -2.44. The van der Waals surface area contributed by atoms with Crippen LogP contribution in [0, 0.1) is 12.8 Å². The van der Waals surface area contributed by atoms with Crippen LogP contribution in [-0.2, 0) is 26.0 Å². The van der Waals surface area contributed by atoms with Gasteiger partial charge in [-0.3, -0.25) is 0 Å². The summed E-state index contributed by atoms with van der Waals surface area (Å²) in [5.41, 5.74) is 2.09. The summed E-state index contributed by atoms with van der Waals surface area (Å²) in [4.78, 5) is 42.4. The number of urea groups is 2. The first-order valence-electron chi connectivity index (χ1n) is 15.5. The lowest BCUT2D eigenvalue weighted by Crippen LogP contribution is -2.61. The number of aryl methyl sites for hydroxylation is 1. The number of carbonyl (C=O) groups is 3. The van der Waals surface area contributed by atoms with Crippen molar-refractivity contribution >= 4 is 47.0 Å². The number of amides is 4. The molecule has 4 amide bonds. The molecule has 2 saturated heterocycles. The Morgan fingerprint density at radius 1 is 1.16 bits per heavy atom. The van der Waals surface area contributed by atoms with Crippen molar-refractivity contribution < 1.29 is 27.5 Å². The van der Waals surface area contributed by atoms with Gasteiger partial charge >= 0.3 is 18.0 Å². The molecule has 3 aliphatic rings. The van der Waals surface area contributed by atoms with Crippen LogP contribution in [0.25, 0.3) is 10.9 Å². The zero-order valence-corrected chi connectivity index (χ0v) is 28.5. The molecule has 1 aromatic carbocycles. The SMILES string of the molecule is COC(=O)[C@@H](Cc1cc(C)c2nn(S(=O)(=O)CC[Si](C)(C)C)cc2c1)NC(=O)N1CCC(N2CC3C=CC=CC3NC2=O)CC1. The van der Waals surface area contributed by atoms with E-state index in [1.807, 2.05) is 36.1 Å². The van der Waals surface area contributed by atoms with Crippen molar-refractivity contribution in [3.8, 4) is 0 Å². The highest BCUT2D eigenvalue weighted by molar-refractivity contribution is 7.89. The smallest absolute Gasteiger partial charge is 0.328 e. The first-order chi connectivity index (χ1) is 21.2. The topological polar surface area (TPSA) is 143 Å². The molecule has 2 aliphatic heterocycles. The van der Waals surface area contributed by atoms with Crippen molar-refractivity contribution in [1.29, 1.82) is 0 Å². The molecule has 1 aliphatic carbocycles. The lowest BCUT2D eigenvalue weighted by molar-refractivity contribution is -0.142. The summed E-state index contributed by atoms with van der Waals surface area (Å²) in [7, 11) is -3.88. The molecule has 3 atom stereocenters. The van der Waals surface area contributed by atoms with Crippen LogP contribution in [0.4, 0.5) is 9.59 Å². The highest BCUT2D eigenvalue weighted by Gasteiger charge is 2.37. The molecule has 0 radical (unpaired) electrons. The van der Waals surface area contributed by atoms with Gasteiger partial charge < -0.3 is 25.2 Å². The van der Waals surface area contributed by atoms with E-state index in [4.69, 9.17) is 4.74 Å². The van der Waals surface area contributed by atoms with Crippen molar-refractivity contribution in [2.45, 2.75) is 70.0 Å². The number of piperidine rings is 1. The summed E-state index contributed by atoms with van der Waals surface area (Å²) in [5, 5.41) is 10.9. The first-order valence-corrected chi connectivity index (χ1v) is 20.8. The summed E-state index contributed by atoms with van der Waals surface area (Å²) < 4.78 is 32.1. The second kappa shape index (κ2) is 13.0. The largest absolute Gasteiger partial charge is 0.467 e. The number of hydrogen-bond donors (Lipinski definition) is 2. The standard InChI is InChI=1S/C31H44N6O6SSi/c1-21-16-22(17-24-20-37(34-28(21)24)44(41,42)14-15-45(3,4)5)18-27(29(38)43-2)33-30(39)35-12-10-25(11-13-35)36-19-23-8-6-7-9-26(23)32-31(36)40/h6-9,16-17,20,23,25-27H,10-15,18-19H2,1-5H3,(H,32,40)(H,33,39)/t23?,26?,27-/m1/s1. The third-order valence-corrected chi connectivity index (χ3v) is 12.4. The normalized spacial score (nSPS) is 21.4. The third-order valence-electron chi connectivity index (χ3n) is 8.86. The molecular weight excluding hydrogens is 613 g/mol. The quantitative estimate of drug-likeness (QED) is 0.312. The Kier molecular flexibility index (Phi) is 9.45. The number of fused-ring (bicyclic) bond motifs is 2. The van der Waals surface area contributed by atoms with Crippen LogP contribution in [0.15, 0.2) is 42.6 Å². The monoisotopic (exact) mass is 656 g/mol. The molecule has 12 nitrogen and oxygen atoms in total. The average Bonchev–Trinajstić information content (AvgIpc) is 3.45. The van der Waals surface area contributed by atoms with Gasteiger partial charge in [0.05, 0.1) is 30.6 Å². The van der Waals surface area contributed by atoms with Crippen molar-refractivity contribution in [3.63, 3.8) is 0 Å². The number of aromatic nitrogens is 2. The molecule has 0 bridgehead atoms. The number of methoxy groups -OCH3 is 1. The molecule has 5 rings (SSSR count). The van der Waals surface area contributed by atoms with Gasteiger partial charge in [0, 0.05) is 51.5 Å². The summed E-state index contributed by atoms with van der Waals surface area (Å²) in [5.74, 6) is -0.307. The summed E-state index contributed by atoms with van der Waals surface area (Å²) in [6, 6.07) is 2.96. The van der Waals surface area contributed by atoms with E-state index in [1.165, 1.54) is 13.3 Å². The molecule has 2 unspecified atom stereocenters. The fraction of sp³-hybridized carbons (Fsp3) is 0.548. The maximum atomic E-state index is 13.3. The number of rotatable bonds is 9. The minimum absolute atomic E-state index is 0.0217. The van der Waals surface area contributed by atoms with Crippen molar-refractivity contribution in [1.82, 2.24) is 29.6 Å². The maximum Gasteiger partial charge on any atom is 0.328 e. The Hall–Kier alpha value is -3.65. The Morgan fingerprint density at radius 3 is 2.56 bits per heavy atom. The van der Waals surface area contributed by atoms with Gasteiger partial charge in [0.2, 0.25) is 0 Å². The molecule has 45 heavy (non-hydrogen) atoms. The van der Waals surface area contributed by atoms with Crippen LogP contribution in [0.3, 0.4) is 0 Å². The number of esters is 1. The predicted molar refractivity (Wildman–Crippen MR) is 175 cm³/mol. The number of likely N-dealkylation sites (tertiary alicyclic amines) is 1. The van der Waals surface area contributed by atoms with Crippen LogP contribution in [0.1, 0.15) is 24.0 Å². The zero-order valence-electron chi connectivity index (χ0n) is 26.7. The van der Waals surface area contributed by atoms with Crippen molar-refractivity contribution in [3.05, 3.63) is 53.8 Å². The molecule has 2 aromatic rings. The number of nitrogens with zero attached hydrogens (tertiary/aromatic N) is 4. The van der Waals surface area contributed by atoms with E-state index in [9.17, 15) is 22.8 Å². The van der Waals surface area contributed by atoms with E-state index in [1.54, 1.807) is 11.0 Å². The molecule has 0 saturated carbocycles. The Balaban J connectivity index is 1.22. The van der Waals surface area contributed by atoms with Crippen LogP contribution < -0.4 is 10.6 Å². The minimum atomic E-state index is -3.60. The summed E-state index contributed by atoms with van der Waals surface area (Å²) >= 11 is 0. The molecule has 1 aromatic heterocycles. The molecule has 3 heterocycles. The number of allylic oxidation sites excluding steroid dienone is 2. The van der Waals surface area contributed by atoms with E-state index >= 15 is 0 Å². The average molecular weight is 657 g/mol. The van der Waals surface area contributed by atoms with Crippen LogP contribution in [0.2, 0.25) is 25.7 Å². The van der Waals surface area contributed by atoms with Crippen molar-refractivity contribution in [2.75, 3.05) is 32.5 Å². The van der Waals surface area contributed by atoms with Gasteiger partial charge in [-0.1, -0.05) is 50.0 Å². The fourth-order valence-electron chi connectivity index (χ4n) is 6.18. The van der Waals surface area contributed by atoms with E-state index in [2.05, 4.69) is 41.4 Å². The highest BCUT2D eigenvalue weighted by atomic mass is 32.2. The molecule has 14 heteroatoms. The molecular formula is C31H44N6O6SSi. The second-order valence-electron chi connectivity index (χ2n) is 13.5. The number of nitrogens with one attached hydrogen (secondary N) is 2. The van der Waals surface area contributed by atoms with Gasteiger partial charge in [0.1, 0.15) is 6.04 Å². The fourth-order valence-corrected chi connectivity index (χ4v) is 10.3. The summed E-state index contributed by atoms with van der Waals surface area (Å²) in [6.07, 6.45) is 11.1. The number of ether oxygens (including phenoxy) is 1. The van der Waals surface area contributed by atoms with Gasteiger partial charge in [-0.25, -0.2) is 22.8 Å². The maximum absolute atomic E-state index is 13.3. The van der Waals surface area contributed by atoms with E-state index in [-0.39, 0.29) is 42.2 Å².